The molecule has 1 N–H and O–H groups in total. The Bertz CT molecular complexity index is 796. The van der Waals surface area contributed by atoms with Crippen molar-refractivity contribution in [3.63, 3.8) is 0 Å². The molecular weight excluding hydrogens is 396 g/mol. The number of carbonyl (C=O) groups is 2. The zero-order valence-electron chi connectivity index (χ0n) is 15.9. The molecule has 0 aliphatic carbocycles. The Morgan fingerprint density at radius 2 is 1.85 bits per heavy atom. The number of Topliss-reactive ketones (excluding diaryl/α,β-unsaturated/α-hetero) is 2. The van der Waals surface area contributed by atoms with Gasteiger partial charge in [-0.2, -0.15) is 0 Å². The van der Waals surface area contributed by atoms with E-state index in [4.69, 9.17) is 4.74 Å². The molecule has 1 heterocycles. The fraction of sp³-hybridized carbons (Fsp3) is 0.400. The minimum atomic E-state index is -0.319. The number of likely N-dealkylation sites (N-methyl/N-ethyl adjacent to an activating group) is 1. The molecule has 26 heavy (non-hydrogen) atoms. The maximum atomic E-state index is 12.8. The largest absolute Gasteiger partial charge is 0.492 e. The third kappa shape index (κ3) is 4.62. The van der Waals surface area contributed by atoms with E-state index in [2.05, 4.69) is 20.9 Å². The molecule has 0 radical (unpaired) electrons. The van der Waals surface area contributed by atoms with Crippen LogP contribution in [-0.4, -0.2) is 47.7 Å². The smallest absolute Gasteiger partial charge is 0.196 e. The van der Waals surface area contributed by atoms with Crippen LogP contribution in [-0.2, 0) is 0 Å². The lowest BCUT2D eigenvalue weighted by atomic mass is 10.0. The van der Waals surface area contributed by atoms with Gasteiger partial charge in [0.1, 0.15) is 12.4 Å². The fourth-order valence-electron chi connectivity index (χ4n) is 2.97. The zero-order chi connectivity index (χ0) is 19.4. The maximum absolute atomic E-state index is 12.8. The summed E-state index contributed by atoms with van der Waals surface area (Å²) in [6.07, 6.45) is 0. The highest BCUT2D eigenvalue weighted by Crippen LogP contribution is 2.21. The van der Waals surface area contributed by atoms with Gasteiger partial charge >= 0.3 is 0 Å². The summed E-state index contributed by atoms with van der Waals surface area (Å²) in [5.41, 5.74) is 2.60. The first kappa shape index (κ1) is 20.4. The highest BCUT2D eigenvalue weighted by molar-refractivity contribution is 9.10. The Labute approximate surface area is 162 Å². The number of ketones is 2. The molecule has 5 nitrogen and oxygen atoms in total. The fourth-order valence-corrected chi connectivity index (χ4v) is 3.23. The number of aromatic amines is 1. The number of halogens is 1. The van der Waals surface area contributed by atoms with Crippen molar-refractivity contribution in [1.29, 1.82) is 0 Å². The summed E-state index contributed by atoms with van der Waals surface area (Å²) in [7, 11) is 1.89. The lowest BCUT2D eigenvalue weighted by Crippen LogP contribution is -2.38. The molecule has 0 aliphatic rings. The maximum Gasteiger partial charge on any atom is 0.196 e. The number of nitrogens with zero attached hydrogens (tertiary/aromatic N) is 1. The molecule has 1 aromatic carbocycles. The third-order valence-electron chi connectivity index (χ3n) is 4.60. The molecule has 2 aromatic rings. The summed E-state index contributed by atoms with van der Waals surface area (Å²) in [6.45, 7) is 8.12. The second-order valence-electron chi connectivity index (χ2n) is 6.50. The van der Waals surface area contributed by atoms with E-state index in [9.17, 15) is 9.59 Å². The molecule has 6 heteroatoms. The predicted octanol–water partition coefficient (Wildman–Crippen LogP) is 4.18. The van der Waals surface area contributed by atoms with E-state index in [-0.39, 0.29) is 17.6 Å². The van der Waals surface area contributed by atoms with Crippen molar-refractivity contribution in [3.8, 4) is 5.75 Å². The van der Waals surface area contributed by atoms with Crippen LogP contribution in [0.1, 0.15) is 46.0 Å². The minimum Gasteiger partial charge on any atom is -0.492 e. The number of aryl methyl sites for hydroxylation is 1. The first-order chi connectivity index (χ1) is 12.2. The van der Waals surface area contributed by atoms with Crippen LogP contribution in [0.4, 0.5) is 0 Å². The molecule has 0 amide bonds. The molecule has 0 spiro atoms. The van der Waals surface area contributed by atoms with Crippen molar-refractivity contribution in [2.45, 2.75) is 33.7 Å². The van der Waals surface area contributed by atoms with Crippen LogP contribution >= 0.6 is 15.9 Å². The molecule has 0 aliphatic heterocycles. The molecule has 1 atom stereocenters. The molecule has 1 aromatic heterocycles. The van der Waals surface area contributed by atoms with Gasteiger partial charge in [-0.1, -0.05) is 15.9 Å². The summed E-state index contributed by atoms with van der Waals surface area (Å²) < 4.78 is 6.72. The second kappa shape index (κ2) is 8.64. The number of hydrogen-bond acceptors (Lipinski definition) is 4. The van der Waals surface area contributed by atoms with Gasteiger partial charge in [-0.05, 0) is 64.6 Å². The van der Waals surface area contributed by atoms with E-state index in [1.807, 2.05) is 57.0 Å². The van der Waals surface area contributed by atoms with Crippen LogP contribution < -0.4 is 4.74 Å². The summed E-state index contributed by atoms with van der Waals surface area (Å²) in [4.78, 5) is 29.6. The molecule has 2 rings (SSSR count). The number of hydrogen-bond donors (Lipinski definition) is 1. The highest BCUT2D eigenvalue weighted by atomic mass is 79.9. The molecular formula is C20H25BrN2O3. The topological polar surface area (TPSA) is 62.4 Å². The minimum absolute atomic E-state index is 0.0239. The van der Waals surface area contributed by atoms with Crippen LogP contribution in [0.15, 0.2) is 28.7 Å². The SMILES string of the molecule is CC(=O)c1c(C)[nH]c(C(=O)[C@@H](C)N(C)CCOc2ccc(Br)cc2)c1C. The van der Waals surface area contributed by atoms with Gasteiger partial charge in [0.05, 0.1) is 11.7 Å². The van der Waals surface area contributed by atoms with Gasteiger partial charge in [0.2, 0.25) is 0 Å². The van der Waals surface area contributed by atoms with Crippen molar-refractivity contribution in [3.05, 3.63) is 51.3 Å². The first-order valence-corrected chi connectivity index (χ1v) is 9.34. The molecule has 0 saturated carbocycles. The first-order valence-electron chi connectivity index (χ1n) is 8.55. The third-order valence-corrected chi connectivity index (χ3v) is 5.13. The van der Waals surface area contributed by atoms with Gasteiger partial charge in [0.25, 0.3) is 0 Å². The standard InChI is InChI=1S/C20H25BrN2O3/c1-12-18(15(4)24)13(2)22-19(12)20(25)14(3)23(5)10-11-26-17-8-6-16(21)7-9-17/h6-9,14,22H,10-11H2,1-5H3/t14-/m1/s1. The van der Waals surface area contributed by atoms with Crippen molar-refractivity contribution in [1.82, 2.24) is 9.88 Å². The van der Waals surface area contributed by atoms with Gasteiger partial charge in [0, 0.05) is 22.3 Å². The average Bonchev–Trinajstić information content (AvgIpc) is 2.89. The van der Waals surface area contributed by atoms with E-state index in [0.29, 0.717) is 24.4 Å². The Kier molecular flexibility index (Phi) is 6.78. The number of nitrogens with one attached hydrogen (secondary N) is 1. The monoisotopic (exact) mass is 420 g/mol. The molecule has 0 bridgehead atoms. The summed E-state index contributed by atoms with van der Waals surface area (Å²) in [5.74, 6) is 0.742. The van der Waals surface area contributed by atoms with Crippen LogP contribution in [0.2, 0.25) is 0 Å². The summed E-state index contributed by atoms with van der Waals surface area (Å²) in [6, 6.07) is 7.32. The van der Waals surface area contributed by atoms with Gasteiger partial charge in [-0.3, -0.25) is 14.5 Å². The van der Waals surface area contributed by atoms with E-state index in [1.54, 1.807) is 0 Å². The van der Waals surface area contributed by atoms with Crippen molar-refractivity contribution < 1.29 is 14.3 Å². The summed E-state index contributed by atoms with van der Waals surface area (Å²) >= 11 is 3.39. The Hall–Kier alpha value is -1.92. The van der Waals surface area contributed by atoms with Gasteiger partial charge in [-0.15, -0.1) is 0 Å². The molecule has 0 unspecified atom stereocenters. The molecule has 140 valence electrons. The Morgan fingerprint density at radius 1 is 1.23 bits per heavy atom. The number of aromatic nitrogens is 1. The van der Waals surface area contributed by atoms with Crippen LogP contribution in [0.5, 0.6) is 5.75 Å². The van der Waals surface area contributed by atoms with E-state index >= 15 is 0 Å². The lowest BCUT2D eigenvalue weighted by molar-refractivity contribution is 0.0848. The number of H-pyrrole nitrogens is 1. The average molecular weight is 421 g/mol. The van der Waals surface area contributed by atoms with Crippen LogP contribution in [0.25, 0.3) is 0 Å². The number of rotatable bonds is 8. The second-order valence-corrected chi connectivity index (χ2v) is 7.42. The lowest BCUT2D eigenvalue weighted by Gasteiger charge is -2.23. The quantitative estimate of drug-likeness (QED) is 0.650. The summed E-state index contributed by atoms with van der Waals surface area (Å²) in [5, 5.41) is 0. The van der Waals surface area contributed by atoms with Crippen LogP contribution in [0, 0.1) is 13.8 Å². The zero-order valence-corrected chi connectivity index (χ0v) is 17.4. The number of benzene rings is 1. The predicted molar refractivity (Wildman–Crippen MR) is 106 cm³/mol. The highest BCUT2D eigenvalue weighted by Gasteiger charge is 2.25. The van der Waals surface area contributed by atoms with Crippen molar-refractivity contribution >= 4 is 27.5 Å². The molecule has 0 fully saturated rings. The van der Waals surface area contributed by atoms with Crippen LogP contribution in [0.3, 0.4) is 0 Å². The van der Waals surface area contributed by atoms with E-state index in [0.717, 1.165) is 21.5 Å². The van der Waals surface area contributed by atoms with Gasteiger partial charge in [0.15, 0.2) is 11.6 Å². The van der Waals surface area contributed by atoms with Gasteiger partial charge in [-0.25, -0.2) is 0 Å². The van der Waals surface area contributed by atoms with Crippen molar-refractivity contribution in [2.24, 2.45) is 0 Å². The van der Waals surface area contributed by atoms with Crippen molar-refractivity contribution in [2.75, 3.05) is 20.2 Å². The van der Waals surface area contributed by atoms with E-state index in [1.165, 1.54) is 6.92 Å². The van der Waals surface area contributed by atoms with E-state index < -0.39 is 0 Å². The Balaban J connectivity index is 1.98. The Morgan fingerprint density at radius 3 is 2.38 bits per heavy atom. The molecule has 0 saturated heterocycles. The number of carbonyl (C=O) groups excluding carboxylic acids is 2. The van der Waals surface area contributed by atoms with Gasteiger partial charge < -0.3 is 9.72 Å². The number of ether oxygens (including phenoxy) is 1. The normalized spacial score (nSPS) is 12.3.